The van der Waals surface area contributed by atoms with Gasteiger partial charge >= 0.3 is 6.09 Å². The van der Waals surface area contributed by atoms with Crippen LogP contribution in [0.2, 0.25) is 0 Å². The van der Waals surface area contributed by atoms with Gasteiger partial charge in [-0.2, -0.15) is 0 Å². The molecule has 0 spiro atoms. The van der Waals surface area contributed by atoms with Crippen LogP contribution in [0.4, 0.5) is 10.5 Å². The molecule has 2 aliphatic heterocycles. The SMILES string of the molecule is COc1ccc2c(c1)CN(C(C)=O)CCC1COC(=O)N21. The molecule has 6 nitrogen and oxygen atoms in total. The van der Waals surface area contributed by atoms with Gasteiger partial charge in [-0.05, 0) is 30.2 Å². The molecule has 0 bridgehead atoms. The fourth-order valence-electron chi connectivity index (χ4n) is 2.88. The van der Waals surface area contributed by atoms with Crippen LogP contribution < -0.4 is 9.64 Å². The average Bonchev–Trinajstić information content (AvgIpc) is 2.80. The minimum Gasteiger partial charge on any atom is -0.497 e. The number of amides is 2. The molecule has 3 rings (SSSR count). The zero-order valence-corrected chi connectivity index (χ0v) is 12.2. The highest BCUT2D eigenvalue weighted by Gasteiger charge is 2.37. The molecule has 1 unspecified atom stereocenters. The summed E-state index contributed by atoms with van der Waals surface area (Å²) >= 11 is 0. The fourth-order valence-corrected chi connectivity index (χ4v) is 2.88. The summed E-state index contributed by atoms with van der Waals surface area (Å²) in [5.41, 5.74) is 1.70. The molecule has 1 atom stereocenters. The van der Waals surface area contributed by atoms with Gasteiger partial charge in [-0.15, -0.1) is 0 Å². The summed E-state index contributed by atoms with van der Waals surface area (Å²) in [6.07, 6.45) is 0.402. The molecule has 6 heteroatoms. The number of carbonyl (C=O) groups is 2. The zero-order valence-electron chi connectivity index (χ0n) is 12.2. The third-order valence-electron chi connectivity index (χ3n) is 4.05. The van der Waals surface area contributed by atoms with E-state index in [1.807, 2.05) is 18.2 Å². The Bertz CT molecular complexity index is 587. The molecule has 1 saturated heterocycles. The van der Waals surface area contributed by atoms with Crippen LogP contribution >= 0.6 is 0 Å². The van der Waals surface area contributed by atoms with Crippen LogP contribution in [0.1, 0.15) is 18.9 Å². The van der Waals surface area contributed by atoms with E-state index in [1.165, 1.54) is 0 Å². The highest BCUT2D eigenvalue weighted by atomic mass is 16.6. The molecule has 1 aromatic rings. The summed E-state index contributed by atoms with van der Waals surface area (Å²) in [6.45, 7) is 3.02. The van der Waals surface area contributed by atoms with Gasteiger partial charge in [-0.3, -0.25) is 9.69 Å². The second kappa shape index (κ2) is 5.27. The van der Waals surface area contributed by atoms with Crippen LogP contribution in [0.3, 0.4) is 0 Å². The quantitative estimate of drug-likeness (QED) is 0.791. The van der Waals surface area contributed by atoms with E-state index >= 15 is 0 Å². The lowest BCUT2D eigenvalue weighted by Crippen LogP contribution is -2.41. The van der Waals surface area contributed by atoms with E-state index in [0.29, 0.717) is 25.4 Å². The van der Waals surface area contributed by atoms with Crippen LogP contribution in [0.5, 0.6) is 5.75 Å². The molecule has 21 heavy (non-hydrogen) atoms. The predicted molar refractivity (Wildman–Crippen MR) is 76.3 cm³/mol. The predicted octanol–water partition coefficient (Wildman–Crippen LogP) is 1.77. The number of ether oxygens (including phenoxy) is 2. The number of methoxy groups -OCH3 is 1. The topological polar surface area (TPSA) is 59.1 Å². The molecular formula is C15H18N2O4. The number of rotatable bonds is 1. The van der Waals surface area contributed by atoms with E-state index in [-0.39, 0.29) is 18.0 Å². The Hall–Kier alpha value is -2.24. The first-order chi connectivity index (χ1) is 10.1. The Morgan fingerprint density at radius 2 is 2.24 bits per heavy atom. The minimum atomic E-state index is -0.317. The molecule has 2 amide bonds. The summed E-state index contributed by atoms with van der Waals surface area (Å²) in [5, 5.41) is 0. The Balaban J connectivity index is 2.06. The third kappa shape index (κ3) is 2.41. The van der Waals surface area contributed by atoms with Crippen molar-refractivity contribution >= 4 is 17.7 Å². The van der Waals surface area contributed by atoms with Crippen LogP contribution in [0.25, 0.3) is 0 Å². The van der Waals surface area contributed by atoms with Crippen LogP contribution in [0, 0.1) is 0 Å². The maximum atomic E-state index is 12.0. The number of carbonyl (C=O) groups excluding carboxylic acids is 2. The Kier molecular flexibility index (Phi) is 3.45. The Labute approximate surface area is 123 Å². The number of anilines is 1. The molecule has 2 heterocycles. The lowest BCUT2D eigenvalue weighted by atomic mass is 10.0. The number of nitrogens with zero attached hydrogens (tertiary/aromatic N) is 2. The molecule has 1 aromatic carbocycles. The summed E-state index contributed by atoms with van der Waals surface area (Å²) in [6, 6.07) is 5.53. The Morgan fingerprint density at radius 3 is 2.95 bits per heavy atom. The fraction of sp³-hybridized carbons (Fsp3) is 0.467. The molecule has 0 N–H and O–H groups in total. The molecule has 2 aliphatic rings. The standard InChI is InChI=1S/C15H18N2O4/c1-10(18)16-6-5-12-9-21-15(19)17(12)14-4-3-13(20-2)7-11(14)8-16/h3-4,7,12H,5-6,8-9H2,1-2H3. The molecule has 112 valence electrons. The van der Waals surface area contributed by atoms with E-state index in [2.05, 4.69) is 0 Å². The normalized spacial score (nSPS) is 21.0. The minimum absolute atomic E-state index is 0.0215. The van der Waals surface area contributed by atoms with E-state index in [0.717, 1.165) is 17.7 Å². The summed E-state index contributed by atoms with van der Waals surface area (Å²) in [7, 11) is 1.60. The lowest BCUT2D eigenvalue weighted by Gasteiger charge is -2.32. The molecule has 0 aromatic heterocycles. The number of hydrogen-bond acceptors (Lipinski definition) is 4. The molecule has 0 saturated carbocycles. The highest BCUT2D eigenvalue weighted by Crippen LogP contribution is 2.33. The molecule has 0 aliphatic carbocycles. The van der Waals surface area contributed by atoms with Crippen molar-refractivity contribution in [1.82, 2.24) is 4.90 Å². The van der Waals surface area contributed by atoms with Gasteiger partial charge in [0.1, 0.15) is 12.4 Å². The van der Waals surface area contributed by atoms with Crippen molar-refractivity contribution in [3.05, 3.63) is 23.8 Å². The highest BCUT2D eigenvalue weighted by molar-refractivity contribution is 5.91. The van der Waals surface area contributed by atoms with Gasteiger partial charge in [-0.1, -0.05) is 0 Å². The van der Waals surface area contributed by atoms with Gasteiger partial charge in [0.15, 0.2) is 0 Å². The second-order valence-electron chi connectivity index (χ2n) is 5.32. The zero-order chi connectivity index (χ0) is 15.0. The van der Waals surface area contributed by atoms with Crippen molar-refractivity contribution in [2.24, 2.45) is 0 Å². The maximum Gasteiger partial charge on any atom is 0.414 e. The number of hydrogen-bond donors (Lipinski definition) is 0. The summed E-state index contributed by atoms with van der Waals surface area (Å²) in [5.74, 6) is 0.740. The van der Waals surface area contributed by atoms with Gasteiger partial charge in [-0.25, -0.2) is 4.79 Å². The van der Waals surface area contributed by atoms with E-state index in [1.54, 1.807) is 23.8 Å². The molecule has 1 fully saturated rings. The second-order valence-corrected chi connectivity index (χ2v) is 5.32. The Morgan fingerprint density at radius 1 is 1.43 bits per heavy atom. The van der Waals surface area contributed by atoms with Gasteiger partial charge < -0.3 is 14.4 Å². The monoisotopic (exact) mass is 290 g/mol. The average molecular weight is 290 g/mol. The number of cyclic esters (lactones) is 1. The van der Waals surface area contributed by atoms with E-state index < -0.39 is 0 Å². The first kappa shape index (κ1) is 13.7. The summed E-state index contributed by atoms with van der Waals surface area (Å²) < 4.78 is 10.4. The van der Waals surface area contributed by atoms with Crippen molar-refractivity contribution < 1.29 is 19.1 Å². The van der Waals surface area contributed by atoms with Crippen molar-refractivity contribution in [3.8, 4) is 5.75 Å². The van der Waals surface area contributed by atoms with Gasteiger partial charge in [0.25, 0.3) is 0 Å². The van der Waals surface area contributed by atoms with Gasteiger partial charge in [0.05, 0.1) is 18.8 Å². The largest absolute Gasteiger partial charge is 0.497 e. The first-order valence-corrected chi connectivity index (χ1v) is 6.98. The van der Waals surface area contributed by atoms with Crippen molar-refractivity contribution in [2.45, 2.75) is 25.9 Å². The maximum absolute atomic E-state index is 12.0. The first-order valence-electron chi connectivity index (χ1n) is 6.98. The van der Waals surface area contributed by atoms with Gasteiger partial charge in [0.2, 0.25) is 5.91 Å². The molecular weight excluding hydrogens is 272 g/mol. The van der Waals surface area contributed by atoms with Gasteiger partial charge in [0, 0.05) is 20.0 Å². The van der Waals surface area contributed by atoms with E-state index in [9.17, 15) is 9.59 Å². The van der Waals surface area contributed by atoms with Crippen LogP contribution in [-0.4, -0.2) is 43.2 Å². The lowest BCUT2D eigenvalue weighted by molar-refractivity contribution is -0.129. The van der Waals surface area contributed by atoms with Crippen LogP contribution in [-0.2, 0) is 16.1 Å². The molecule has 0 radical (unpaired) electrons. The third-order valence-corrected chi connectivity index (χ3v) is 4.05. The van der Waals surface area contributed by atoms with Crippen molar-refractivity contribution in [3.63, 3.8) is 0 Å². The number of fused-ring (bicyclic) bond motifs is 3. The van der Waals surface area contributed by atoms with E-state index in [4.69, 9.17) is 9.47 Å². The number of benzene rings is 1. The summed E-state index contributed by atoms with van der Waals surface area (Å²) in [4.78, 5) is 27.3. The van der Waals surface area contributed by atoms with Crippen molar-refractivity contribution in [1.29, 1.82) is 0 Å². The van der Waals surface area contributed by atoms with Crippen molar-refractivity contribution in [2.75, 3.05) is 25.2 Å². The smallest absolute Gasteiger partial charge is 0.414 e. The van der Waals surface area contributed by atoms with Crippen LogP contribution in [0.15, 0.2) is 18.2 Å².